The summed E-state index contributed by atoms with van der Waals surface area (Å²) in [4.78, 5) is 16.4. The lowest BCUT2D eigenvalue weighted by molar-refractivity contribution is 0.569. The van der Waals surface area contributed by atoms with E-state index in [2.05, 4.69) is 4.98 Å². The third kappa shape index (κ3) is 2.90. The van der Waals surface area contributed by atoms with Gasteiger partial charge in [-0.25, -0.2) is 9.37 Å². The van der Waals surface area contributed by atoms with Crippen LogP contribution in [0.4, 0.5) is 4.39 Å². The fraction of sp³-hybridized carbons (Fsp3) is 0.118. The van der Waals surface area contributed by atoms with Gasteiger partial charge in [0.1, 0.15) is 23.7 Å². The van der Waals surface area contributed by atoms with Crippen molar-refractivity contribution >= 4 is 0 Å². The second-order valence-electron chi connectivity index (χ2n) is 5.07. The summed E-state index contributed by atoms with van der Waals surface area (Å²) in [5, 5.41) is 9.04. The van der Waals surface area contributed by atoms with E-state index in [0.29, 0.717) is 16.8 Å². The molecular weight excluding hydrogens is 297 g/mol. The number of oxazole rings is 1. The Hall–Kier alpha value is -3.20. The number of aromatic nitrogens is 2. The normalized spacial score (nSPS) is 10.5. The Labute approximate surface area is 131 Å². The number of hydrogen-bond acceptors (Lipinski definition) is 4. The maximum absolute atomic E-state index is 13.2. The topological polar surface area (TPSA) is 71.8 Å². The molecule has 0 aliphatic carbocycles. The summed E-state index contributed by atoms with van der Waals surface area (Å²) in [5.41, 5.74) is 1.41. The average Bonchev–Trinajstić information content (AvgIpc) is 2.99. The van der Waals surface area contributed by atoms with Gasteiger partial charge in [0.15, 0.2) is 0 Å². The summed E-state index contributed by atoms with van der Waals surface area (Å²) < 4.78 is 20.0. The van der Waals surface area contributed by atoms with Crippen LogP contribution in [0.2, 0.25) is 0 Å². The van der Waals surface area contributed by atoms with Crippen LogP contribution in [0.1, 0.15) is 16.8 Å². The highest BCUT2D eigenvalue weighted by Crippen LogP contribution is 2.19. The molecule has 0 N–H and O–H groups in total. The van der Waals surface area contributed by atoms with Gasteiger partial charge in [-0.15, -0.1) is 0 Å². The Morgan fingerprint density at radius 1 is 1.39 bits per heavy atom. The van der Waals surface area contributed by atoms with Gasteiger partial charge in [0.2, 0.25) is 5.89 Å². The van der Waals surface area contributed by atoms with Crippen LogP contribution in [0, 0.1) is 24.1 Å². The van der Waals surface area contributed by atoms with E-state index >= 15 is 0 Å². The van der Waals surface area contributed by atoms with Crippen LogP contribution in [-0.2, 0) is 6.54 Å². The van der Waals surface area contributed by atoms with Gasteiger partial charge in [-0.3, -0.25) is 4.79 Å². The molecule has 0 radical (unpaired) electrons. The van der Waals surface area contributed by atoms with Gasteiger partial charge < -0.3 is 8.98 Å². The van der Waals surface area contributed by atoms with E-state index in [9.17, 15) is 9.18 Å². The van der Waals surface area contributed by atoms with Crippen molar-refractivity contribution in [1.82, 2.24) is 9.55 Å². The molecule has 0 aliphatic heterocycles. The third-order valence-corrected chi connectivity index (χ3v) is 3.44. The van der Waals surface area contributed by atoms with E-state index in [1.54, 1.807) is 31.3 Å². The lowest BCUT2D eigenvalue weighted by Gasteiger charge is -2.04. The van der Waals surface area contributed by atoms with Crippen LogP contribution < -0.4 is 5.56 Å². The fourth-order valence-electron chi connectivity index (χ4n) is 2.23. The monoisotopic (exact) mass is 309 g/mol. The zero-order valence-corrected chi connectivity index (χ0v) is 12.3. The number of rotatable bonds is 3. The van der Waals surface area contributed by atoms with Crippen LogP contribution in [0.15, 0.2) is 52.0 Å². The zero-order chi connectivity index (χ0) is 16.4. The Morgan fingerprint density at radius 2 is 2.22 bits per heavy atom. The fourth-order valence-corrected chi connectivity index (χ4v) is 2.23. The number of pyridine rings is 1. The van der Waals surface area contributed by atoms with Crippen LogP contribution in [0.25, 0.3) is 11.5 Å². The molecule has 0 amide bonds. The molecule has 0 unspecified atom stereocenters. The van der Waals surface area contributed by atoms with E-state index in [4.69, 9.17) is 9.68 Å². The first-order valence-corrected chi connectivity index (χ1v) is 6.89. The van der Waals surface area contributed by atoms with Crippen molar-refractivity contribution in [3.63, 3.8) is 0 Å². The summed E-state index contributed by atoms with van der Waals surface area (Å²) in [5.74, 6) is -0.101. The molecule has 0 saturated heterocycles. The van der Waals surface area contributed by atoms with Crippen molar-refractivity contribution in [3.05, 3.63) is 75.8 Å². The zero-order valence-electron chi connectivity index (χ0n) is 12.3. The SMILES string of the molecule is Cc1ccn(Cc2coc(-c3cccc(F)c3)n2)c(=O)c1C#N. The molecule has 5 nitrogen and oxygen atoms in total. The summed E-state index contributed by atoms with van der Waals surface area (Å²) in [6.07, 6.45) is 3.02. The first-order valence-electron chi connectivity index (χ1n) is 6.89. The van der Waals surface area contributed by atoms with Crippen LogP contribution >= 0.6 is 0 Å². The predicted octanol–water partition coefficient (Wildman–Crippen LogP) is 2.87. The molecule has 3 rings (SSSR count). The Balaban J connectivity index is 1.91. The molecular formula is C17H12FN3O2. The van der Waals surface area contributed by atoms with E-state index in [1.165, 1.54) is 23.0 Å². The molecule has 6 heteroatoms. The minimum Gasteiger partial charge on any atom is -0.444 e. The van der Waals surface area contributed by atoms with Crippen LogP contribution in [-0.4, -0.2) is 9.55 Å². The Bertz CT molecular complexity index is 966. The van der Waals surface area contributed by atoms with Gasteiger partial charge in [-0.2, -0.15) is 5.26 Å². The lowest BCUT2D eigenvalue weighted by Crippen LogP contribution is -2.23. The summed E-state index contributed by atoms with van der Waals surface area (Å²) in [7, 11) is 0. The third-order valence-electron chi connectivity index (χ3n) is 3.44. The maximum atomic E-state index is 13.2. The first-order chi connectivity index (χ1) is 11.1. The van der Waals surface area contributed by atoms with Crippen molar-refractivity contribution in [2.75, 3.05) is 0 Å². The molecule has 2 heterocycles. The second-order valence-corrected chi connectivity index (χ2v) is 5.07. The molecule has 0 spiro atoms. The smallest absolute Gasteiger partial charge is 0.269 e. The molecule has 1 aromatic carbocycles. The van der Waals surface area contributed by atoms with Crippen molar-refractivity contribution in [3.8, 4) is 17.5 Å². The van der Waals surface area contributed by atoms with Gasteiger partial charge >= 0.3 is 0 Å². The van der Waals surface area contributed by atoms with Crippen LogP contribution in [0.5, 0.6) is 0 Å². The highest BCUT2D eigenvalue weighted by Gasteiger charge is 2.11. The molecule has 0 fully saturated rings. The first kappa shape index (κ1) is 14.7. The predicted molar refractivity (Wildman–Crippen MR) is 81.2 cm³/mol. The van der Waals surface area contributed by atoms with Crippen LogP contribution in [0.3, 0.4) is 0 Å². The molecule has 2 aromatic heterocycles. The molecule has 23 heavy (non-hydrogen) atoms. The van der Waals surface area contributed by atoms with E-state index < -0.39 is 0 Å². The van der Waals surface area contributed by atoms with Crippen molar-refractivity contribution < 1.29 is 8.81 Å². The summed E-state index contributed by atoms with van der Waals surface area (Å²) in [6.45, 7) is 1.88. The minimum absolute atomic E-state index is 0.112. The quantitative estimate of drug-likeness (QED) is 0.746. The number of benzene rings is 1. The maximum Gasteiger partial charge on any atom is 0.269 e. The number of nitrogens with zero attached hydrogens (tertiary/aromatic N) is 3. The highest BCUT2D eigenvalue weighted by molar-refractivity contribution is 5.52. The summed E-state index contributed by atoms with van der Waals surface area (Å²) in [6, 6.07) is 9.52. The number of halogens is 1. The van der Waals surface area contributed by atoms with Crippen molar-refractivity contribution in [2.24, 2.45) is 0 Å². The summed E-state index contributed by atoms with van der Waals surface area (Å²) >= 11 is 0. The highest BCUT2D eigenvalue weighted by atomic mass is 19.1. The molecule has 0 aliphatic rings. The largest absolute Gasteiger partial charge is 0.444 e. The molecule has 0 saturated carbocycles. The lowest BCUT2D eigenvalue weighted by atomic mass is 10.2. The second kappa shape index (κ2) is 5.89. The molecule has 3 aromatic rings. The molecule has 0 bridgehead atoms. The van der Waals surface area contributed by atoms with E-state index in [1.807, 2.05) is 6.07 Å². The number of nitriles is 1. The Morgan fingerprint density at radius 3 is 2.96 bits per heavy atom. The van der Waals surface area contributed by atoms with E-state index in [-0.39, 0.29) is 29.4 Å². The van der Waals surface area contributed by atoms with Gasteiger partial charge in [-0.05, 0) is 36.8 Å². The molecule has 114 valence electrons. The minimum atomic E-state index is -0.379. The molecule has 0 atom stereocenters. The van der Waals surface area contributed by atoms with Crippen molar-refractivity contribution in [2.45, 2.75) is 13.5 Å². The standard InChI is InChI=1S/C17H12FN3O2/c1-11-5-6-21(17(22)15(11)8-19)9-14-10-23-16(20-14)12-3-2-4-13(18)7-12/h2-7,10H,9H2,1H3. The number of aryl methyl sites for hydroxylation is 1. The van der Waals surface area contributed by atoms with Gasteiger partial charge in [-0.1, -0.05) is 6.07 Å². The Kier molecular flexibility index (Phi) is 3.77. The number of hydrogen-bond donors (Lipinski definition) is 0. The van der Waals surface area contributed by atoms with Gasteiger partial charge in [0.25, 0.3) is 5.56 Å². The van der Waals surface area contributed by atoms with E-state index in [0.717, 1.165) is 0 Å². The van der Waals surface area contributed by atoms with Gasteiger partial charge in [0.05, 0.1) is 12.2 Å². The van der Waals surface area contributed by atoms with Crippen molar-refractivity contribution in [1.29, 1.82) is 5.26 Å². The van der Waals surface area contributed by atoms with Gasteiger partial charge in [0, 0.05) is 11.8 Å². The average molecular weight is 309 g/mol.